The van der Waals surface area contributed by atoms with Crippen molar-refractivity contribution in [3.05, 3.63) is 35.9 Å². The van der Waals surface area contributed by atoms with Crippen LogP contribution in [0.3, 0.4) is 0 Å². The molecule has 0 aliphatic carbocycles. The molecule has 3 heteroatoms. The molecule has 0 bridgehead atoms. The highest BCUT2D eigenvalue weighted by atomic mass is 19.1. The summed E-state index contributed by atoms with van der Waals surface area (Å²) in [4.78, 5) is 3.60. The fourth-order valence-corrected chi connectivity index (χ4v) is 1.44. The van der Waals surface area contributed by atoms with E-state index in [1.807, 2.05) is 0 Å². The maximum atomic E-state index is 12.6. The second-order valence-electron chi connectivity index (χ2n) is 4.27. The molecule has 1 unspecified atom stereocenters. The first-order valence-corrected chi connectivity index (χ1v) is 5.59. The molecule has 88 valence electrons. The molecule has 0 amide bonds. The van der Waals surface area contributed by atoms with Crippen molar-refractivity contribution < 1.29 is 4.39 Å². The summed E-state index contributed by atoms with van der Waals surface area (Å²) in [5, 5.41) is 3.28. The third kappa shape index (κ3) is 4.91. The van der Waals surface area contributed by atoms with Crippen LogP contribution in [0.5, 0.6) is 0 Å². The predicted octanol–water partition coefficient (Wildman–Crippen LogP) is 3.77. The second kappa shape index (κ2) is 6.26. The first-order chi connectivity index (χ1) is 7.58. The fourth-order valence-electron chi connectivity index (χ4n) is 1.44. The van der Waals surface area contributed by atoms with Gasteiger partial charge in [-0.05, 0) is 45.7 Å². The van der Waals surface area contributed by atoms with E-state index in [0.717, 1.165) is 18.5 Å². The predicted molar refractivity (Wildman–Crippen MR) is 65.9 cm³/mol. The van der Waals surface area contributed by atoms with E-state index in [-0.39, 0.29) is 0 Å². The van der Waals surface area contributed by atoms with E-state index in [0.29, 0.717) is 6.04 Å². The summed E-state index contributed by atoms with van der Waals surface area (Å²) in [6.07, 6.45) is 5.86. The molecule has 16 heavy (non-hydrogen) atoms. The molecule has 0 saturated carbocycles. The Bertz CT molecular complexity index is 339. The number of rotatable bonds is 5. The molecule has 0 aliphatic rings. The summed E-state index contributed by atoms with van der Waals surface area (Å²) < 4.78 is 12.6. The number of nitrogens with one attached hydrogen (secondary N) is 1. The second-order valence-corrected chi connectivity index (χ2v) is 4.27. The molecule has 1 atom stereocenters. The fraction of sp³-hybridized carbons (Fsp3) is 0.462. The molecule has 1 N–H and O–H groups in total. The molecule has 1 aromatic rings. The number of anilines is 1. The summed E-state index contributed by atoms with van der Waals surface area (Å²) >= 11 is 0. The van der Waals surface area contributed by atoms with Gasteiger partial charge < -0.3 is 5.32 Å². The third-order valence-electron chi connectivity index (χ3n) is 2.29. The SMILES string of the molecule is CC(C)=CCCC(C)Nc1ccc(F)nc1. The summed E-state index contributed by atoms with van der Waals surface area (Å²) in [7, 11) is 0. The summed E-state index contributed by atoms with van der Waals surface area (Å²) in [6.45, 7) is 6.31. The Balaban J connectivity index is 2.36. The quantitative estimate of drug-likeness (QED) is 0.606. The number of halogens is 1. The zero-order chi connectivity index (χ0) is 12.0. The largest absolute Gasteiger partial charge is 0.381 e. The molecule has 2 nitrogen and oxygen atoms in total. The Morgan fingerprint density at radius 1 is 1.50 bits per heavy atom. The minimum Gasteiger partial charge on any atom is -0.381 e. The summed E-state index contributed by atoms with van der Waals surface area (Å²) in [5.74, 6) is -0.442. The molecule has 0 radical (unpaired) electrons. The lowest BCUT2D eigenvalue weighted by Crippen LogP contribution is -2.14. The van der Waals surface area contributed by atoms with Gasteiger partial charge in [0.2, 0.25) is 5.95 Å². The van der Waals surface area contributed by atoms with Crippen LogP contribution in [-0.4, -0.2) is 11.0 Å². The van der Waals surface area contributed by atoms with Crippen molar-refractivity contribution in [2.45, 2.75) is 39.7 Å². The standard InChI is InChI=1S/C13H19FN2/c1-10(2)5-4-6-11(3)16-12-7-8-13(14)15-9-12/h5,7-9,11,16H,4,6H2,1-3H3. The van der Waals surface area contributed by atoms with Gasteiger partial charge in [-0.3, -0.25) is 0 Å². The van der Waals surface area contributed by atoms with Crippen molar-refractivity contribution in [2.75, 3.05) is 5.32 Å². The van der Waals surface area contributed by atoms with Gasteiger partial charge in [-0.15, -0.1) is 0 Å². The van der Waals surface area contributed by atoms with Crippen LogP contribution in [0, 0.1) is 5.95 Å². The van der Waals surface area contributed by atoms with E-state index < -0.39 is 5.95 Å². The number of nitrogens with zero attached hydrogens (tertiary/aromatic N) is 1. The summed E-state index contributed by atoms with van der Waals surface area (Å²) in [6, 6.07) is 3.44. The van der Waals surface area contributed by atoms with Gasteiger partial charge in [0.25, 0.3) is 0 Å². The smallest absolute Gasteiger partial charge is 0.212 e. The van der Waals surface area contributed by atoms with Gasteiger partial charge in [0.1, 0.15) is 0 Å². The number of hydrogen-bond acceptors (Lipinski definition) is 2. The van der Waals surface area contributed by atoms with E-state index in [1.54, 1.807) is 6.07 Å². The van der Waals surface area contributed by atoms with Gasteiger partial charge >= 0.3 is 0 Å². The number of pyridine rings is 1. The normalized spacial score (nSPS) is 12.0. The molecule has 0 saturated heterocycles. The molecule has 1 heterocycles. The highest BCUT2D eigenvalue weighted by molar-refractivity contribution is 5.40. The maximum absolute atomic E-state index is 12.6. The zero-order valence-electron chi connectivity index (χ0n) is 10.1. The van der Waals surface area contributed by atoms with Gasteiger partial charge in [0, 0.05) is 6.04 Å². The van der Waals surface area contributed by atoms with E-state index in [2.05, 4.69) is 37.1 Å². The Labute approximate surface area is 96.6 Å². The van der Waals surface area contributed by atoms with Gasteiger partial charge in [-0.1, -0.05) is 11.6 Å². The van der Waals surface area contributed by atoms with Crippen LogP contribution in [-0.2, 0) is 0 Å². The van der Waals surface area contributed by atoms with E-state index >= 15 is 0 Å². The summed E-state index contributed by atoms with van der Waals surface area (Å²) in [5.41, 5.74) is 2.21. The highest BCUT2D eigenvalue weighted by Gasteiger charge is 2.01. The van der Waals surface area contributed by atoms with Gasteiger partial charge in [-0.2, -0.15) is 4.39 Å². The Morgan fingerprint density at radius 2 is 2.25 bits per heavy atom. The molecular formula is C13H19FN2. The van der Waals surface area contributed by atoms with Gasteiger partial charge in [0.15, 0.2) is 0 Å². The Morgan fingerprint density at radius 3 is 2.81 bits per heavy atom. The zero-order valence-corrected chi connectivity index (χ0v) is 10.1. The lowest BCUT2D eigenvalue weighted by molar-refractivity contribution is 0.583. The number of aromatic nitrogens is 1. The Hall–Kier alpha value is -1.38. The number of allylic oxidation sites excluding steroid dienone is 2. The average molecular weight is 222 g/mol. The van der Waals surface area contributed by atoms with Crippen molar-refractivity contribution in [1.29, 1.82) is 0 Å². The van der Waals surface area contributed by atoms with Gasteiger partial charge in [0.05, 0.1) is 11.9 Å². The molecule has 0 spiro atoms. The molecule has 1 aromatic heterocycles. The van der Waals surface area contributed by atoms with Crippen LogP contribution >= 0.6 is 0 Å². The van der Waals surface area contributed by atoms with Crippen LogP contribution < -0.4 is 5.32 Å². The van der Waals surface area contributed by atoms with Crippen molar-refractivity contribution in [1.82, 2.24) is 4.98 Å². The van der Waals surface area contributed by atoms with E-state index in [1.165, 1.54) is 17.8 Å². The van der Waals surface area contributed by atoms with E-state index in [4.69, 9.17) is 0 Å². The number of hydrogen-bond donors (Lipinski definition) is 1. The van der Waals surface area contributed by atoms with Crippen molar-refractivity contribution in [3.8, 4) is 0 Å². The lowest BCUT2D eigenvalue weighted by atomic mass is 10.1. The van der Waals surface area contributed by atoms with Crippen LogP contribution in [0.1, 0.15) is 33.6 Å². The maximum Gasteiger partial charge on any atom is 0.212 e. The van der Waals surface area contributed by atoms with Crippen molar-refractivity contribution >= 4 is 5.69 Å². The molecular weight excluding hydrogens is 203 g/mol. The average Bonchev–Trinajstić information content (AvgIpc) is 2.21. The van der Waals surface area contributed by atoms with Crippen LogP contribution in [0.4, 0.5) is 10.1 Å². The minimum atomic E-state index is -0.442. The first-order valence-electron chi connectivity index (χ1n) is 5.59. The highest BCUT2D eigenvalue weighted by Crippen LogP contribution is 2.10. The molecule has 0 aromatic carbocycles. The van der Waals surface area contributed by atoms with Crippen LogP contribution in [0.15, 0.2) is 30.0 Å². The molecule has 0 fully saturated rings. The topological polar surface area (TPSA) is 24.9 Å². The monoisotopic (exact) mass is 222 g/mol. The van der Waals surface area contributed by atoms with E-state index in [9.17, 15) is 4.39 Å². The molecule has 0 aliphatic heterocycles. The van der Waals surface area contributed by atoms with Crippen molar-refractivity contribution in [3.63, 3.8) is 0 Å². The van der Waals surface area contributed by atoms with Gasteiger partial charge in [-0.25, -0.2) is 4.98 Å². The van der Waals surface area contributed by atoms with Crippen molar-refractivity contribution in [2.24, 2.45) is 0 Å². The Kier molecular flexibility index (Phi) is 4.96. The van der Waals surface area contributed by atoms with Crippen LogP contribution in [0.25, 0.3) is 0 Å². The molecule has 1 rings (SSSR count). The lowest BCUT2D eigenvalue weighted by Gasteiger charge is -2.13. The van der Waals surface area contributed by atoms with Crippen LogP contribution in [0.2, 0.25) is 0 Å². The first kappa shape index (κ1) is 12.7. The minimum absolute atomic E-state index is 0.364. The third-order valence-corrected chi connectivity index (χ3v) is 2.29.